The van der Waals surface area contributed by atoms with E-state index >= 15 is 0 Å². The molecule has 0 aliphatic rings. The van der Waals surface area contributed by atoms with E-state index in [-0.39, 0.29) is 0 Å². The van der Waals surface area contributed by atoms with Crippen LogP contribution in [0.2, 0.25) is 0 Å². The van der Waals surface area contributed by atoms with Gasteiger partial charge in [0.25, 0.3) is 0 Å². The molecule has 0 atom stereocenters. The van der Waals surface area contributed by atoms with Crippen LogP contribution in [0.4, 0.5) is 0 Å². The Hall–Kier alpha value is -1.45. The van der Waals surface area contributed by atoms with Gasteiger partial charge in [-0.2, -0.15) is 0 Å². The van der Waals surface area contributed by atoms with Crippen molar-refractivity contribution in [2.24, 2.45) is 0 Å². The monoisotopic (exact) mass is 129 g/mol. The first kappa shape index (κ1) is 7.55. The van der Waals surface area contributed by atoms with Crippen LogP contribution in [-0.4, -0.2) is 23.8 Å². The van der Waals surface area contributed by atoms with Crippen LogP contribution in [0.25, 0.3) is 0 Å². The molecule has 0 amide bonds. The van der Waals surface area contributed by atoms with Gasteiger partial charge in [0.1, 0.15) is 6.08 Å². The van der Waals surface area contributed by atoms with Crippen molar-refractivity contribution in [2.75, 3.05) is 0 Å². The van der Waals surface area contributed by atoms with Crippen LogP contribution >= 0.6 is 0 Å². The lowest BCUT2D eigenvalue weighted by molar-refractivity contribution is -0.361. The van der Waals surface area contributed by atoms with Gasteiger partial charge < -0.3 is 5.11 Å². The third kappa shape index (κ3) is 4.40. The van der Waals surface area contributed by atoms with Crippen LogP contribution in [-0.2, 0) is 14.0 Å². The lowest BCUT2D eigenvalue weighted by Gasteiger charge is -1.69. The minimum Gasteiger partial charge on any atom is -0.478 e. The first-order valence-corrected chi connectivity index (χ1v) is 2.04. The van der Waals surface area contributed by atoms with E-state index in [1.165, 1.54) is 0 Å². The Bertz CT molecular complexity index is 168. The Morgan fingerprint density at radius 3 is 2.33 bits per heavy atom. The van der Waals surface area contributed by atoms with Crippen molar-refractivity contribution in [1.29, 1.82) is 0 Å². The molecule has 1 N–H and O–H groups in total. The highest BCUT2D eigenvalue weighted by Gasteiger charge is 2.03. The Balaban J connectivity index is 3.85. The van der Waals surface area contributed by atoms with Crippen LogP contribution in [0, 0.1) is 0 Å². The normalized spacial score (nSPS) is 9.33. The maximum atomic E-state index is 10.1. The van der Waals surface area contributed by atoms with Crippen LogP contribution in [0.5, 0.6) is 0 Å². The Kier molecular flexibility index (Phi) is 2.97. The highest BCUT2D eigenvalue weighted by Crippen LogP contribution is 1.72. The van der Waals surface area contributed by atoms with Gasteiger partial charge >= 0.3 is 11.9 Å². The van der Waals surface area contributed by atoms with Gasteiger partial charge in [-0.25, -0.2) is 4.79 Å². The Morgan fingerprint density at radius 2 is 2.00 bits per heavy atom. The third-order valence-electron chi connectivity index (χ3n) is 0.504. The third-order valence-corrected chi connectivity index (χ3v) is 0.504. The molecule has 0 bridgehead atoms. The van der Waals surface area contributed by atoms with Crippen LogP contribution in [0.3, 0.4) is 0 Å². The summed E-state index contributed by atoms with van der Waals surface area (Å²) in [5.74, 6) is -1.97. The highest BCUT2D eigenvalue weighted by molar-refractivity contribution is 5.89. The lowest BCUT2D eigenvalue weighted by atomic mass is 10.5. The lowest BCUT2D eigenvalue weighted by Crippen LogP contribution is -1.93. The largest absolute Gasteiger partial charge is 0.605 e. The molecule has 48 valence electrons. The molecule has 4 nitrogen and oxygen atoms in total. The van der Waals surface area contributed by atoms with Gasteiger partial charge in [-0.15, -0.1) is 0 Å². The second kappa shape index (κ2) is 3.54. The molecule has 0 heterocycles. The molecule has 0 saturated heterocycles. The Morgan fingerprint density at radius 1 is 1.44 bits per heavy atom. The number of carboxylic acids is 1. The maximum absolute atomic E-state index is 10.1. The number of carboxylic acid groups (broad SMARTS) is 1. The molecule has 0 radical (unpaired) electrons. The van der Waals surface area contributed by atoms with E-state index in [1.54, 1.807) is 0 Å². The Labute approximate surface area is 51.1 Å². The van der Waals surface area contributed by atoms with Gasteiger partial charge in [-0.05, 0) is 0 Å². The first-order valence-electron chi connectivity index (χ1n) is 2.04. The van der Waals surface area contributed by atoms with Gasteiger partial charge in [0, 0.05) is 6.08 Å². The van der Waals surface area contributed by atoms with Crippen molar-refractivity contribution in [3.63, 3.8) is 0 Å². The maximum Gasteiger partial charge on any atom is 0.605 e. The fourth-order valence-corrected chi connectivity index (χ4v) is 0.187. The zero-order chi connectivity index (χ0) is 7.28. The van der Waals surface area contributed by atoms with Crippen molar-refractivity contribution < 1.29 is 19.1 Å². The van der Waals surface area contributed by atoms with E-state index < -0.39 is 11.9 Å². The first-order chi connectivity index (χ1) is 4.16. The predicted molar refractivity (Wildman–Crippen MR) is 28.9 cm³/mol. The number of carbonyl (C=O) groups is 2. The summed E-state index contributed by atoms with van der Waals surface area (Å²) in [6.07, 6.45) is 1.45. The van der Waals surface area contributed by atoms with E-state index in [2.05, 4.69) is 11.2 Å². The topological polar surface area (TPSA) is 65.7 Å². The average Bonchev–Trinajstić information content (AvgIpc) is 1.83. The summed E-state index contributed by atoms with van der Waals surface area (Å²) in [7, 11) is 0. The molecule has 0 rings (SSSR count). The summed E-state index contributed by atoms with van der Waals surface area (Å²) in [6, 6.07) is 0. The molecule has 0 spiro atoms. The zero-order valence-corrected chi connectivity index (χ0v) is 4.53. The van der Waals surface area contributed by atoms with Crippen molar-refractivity contribution in [3.8, 4) is 0 Å². The minimum atomic E-state index is -1.19. The van der Waals surface area contributed by atoms with Gasteiger partial charge in [-0.3, -0.25) is 4.42 Å². The predicted octanol–water partition coefficient (Wildman–Crippen LogP) is -0.482. The molecule has 0 aromatic carbocycles. The summed E-state index contributed by atoms with van der Waals surface area (Å²) >= 11 is 0. The molecule has 0 fully saturated rings. The van der Waals surface area contributed by atoms with Gasteiger partial charge in [-0.1, -0.05) is 0 Å². The molecular weight excluding hydrogens is 124 g/mol. The summed E-state index contributed by atoms with van der Waals surface area (Å²) < 4.78 is 3.86. The molecule has 0 aliphatic heterocycles. The van der Waals surface area contributed by atoms with E-state index in [9.17, 15) is 9.59 Å². The van der Waals surface area contributed by atoms with E-state index in [0.717, 1.165) is 6.08 Å². The number of carbonyl (C=O) groups excluding carboxylic acids is 2. The molecular formula is C5H5O4+. The van der Waals surface area contributed by atoms with Gasteiger partial charge in [0.2, 0.25) is 0 Å². The van der Waals surface area contributed by atoms with Crippen molar-refractivity contribution in [2.45, 2.75) is 0 Å². The zero-order valence-electron chi connectivity index (χ0n) is 4.53. The SMILES string of the molecule is C=[O+]C(=O)/C=C/C(=O)O. The number of rotatable bonds is 2. The van der Waals surface area contributed by atoms with E-state index in [1.807, 2.05) is 0 Å². The van der Waals surface area contributed by atoms with Crippen molar-refractivity contribution in [3.05, 3.63) is 12.2 Å². The second-order valence-corrected chi connectivity index (χ2v) is 1.13. The van der Waals surface area contributed by atoms with Gasteiger partial charge in [0.15, 0.2) is 6.79 Å². The number of aliphatic carboxylic acids is 1. The molecule has 0 aromatic heterocycles. The van der Waals surface area contributed by atoms with Crippen LogP contribution in [0.1, 0.15) is 0 Å². The molecule has 0 unspecified atom stereocenters. The second-order valence-electron chi connectivity index (χ2n) is 1.13. The summed E-state index contributed by atoms with van der Waals surface area (Å²) in [4.78, 5) is 19.8. The smallest absolute Gasteiger partial charge is 0.478 e. The average molecular weight is 129 g/mol. The van der Waals surface area contributed by atoms with Gasteiger partial charge in [0.05, 0.1) is 4.79 Å². The fraction of sp³-hybridized carbons (Fsp3) is 0. The van der Waals surface area contributed by atoms with Crippen molar-refractivity contribution in [1.82, 2.24) is 0 Å². The quantitative estimate of drug-likeness (QED) is 0.404. The number of hydrogen-bond acceptors (Lipinski definition) is 2. The molecule has 0 saturated carbocycles. The van der Waals surface area contributed by atoms with Crippen LogP contribution < -0.4 is 0 Å². The summed E-state index contributed by atoms with van der Waals surface area (Å²) in [5.41, 5.74) is 0. The molecule has 4 heteroatoms. The highest BCUT2D eigenvalue weighted by atomic mass is 16.4. The standard InChI is InChI=1S/C5H4O4/c1-9-5(8)3-2-4(6)7/h2-3H,1H2/p+1/b3-2+. The van der Waals surface area contributed by atoms with E-state index in [4.69, 9.17) is 5.11 Å². The summed E-state index contributed by atoms with van der Waals surface area (Å²) in [6.45, 7) is 2.77. The van der Waals surface area contributed by atoms with Crippen LogP contribution in [0.15, 0.2) is 12.2 Å². The minimum absolute atomic E-state index is 0.674. The molecule has 0 aliphatic carbocycles. The summed E-state index contributed by atoms with van der Waals surface area (Å²) in [5, 5.41) is 7.94. The molecule has 0 aromatic rings. The van der Waals surface area contributed by atoms with E-state index in [0.29, 0.717) is 6.08 Å². The molecule has 9 heavy (non-hydrogen) atoms. The van der Waals surface area contributed by atoms with Crippen molar-refractivity contribution >= 4 is 18.7 Å². The fourth-order valence-electron chi connectivity index (χ4n) is 0.187. The number of hydrogen-bond donors (Lipinski definition) is 1.